The smallest absolute Gasteiger partial charge is 0.276 e. The second kappa shape index (κ2) is 10.6. The molecule has 32 heavy (non-hydrogen) atoms. The van der Waals surface area contributed by atoms with Crippen LogP contribution in [0.25, 0.3) is 0 Å². The van der Waals surface area contributed by atoms with Crippen molar-refractivity contribution in [1.29, 1.82) is 0 Å². The van der Waals surface area contributed by atoms with Crippen LogP contribution in [0, 0.1) is 0 Å². The lowest BCUT2D eigenvalue weighted by atomic mass is 10.2. The molecule has 166 valence electrons. The molecule has 0 aliphatic carbocycles. The van der Waals surface area contributed by atoms with Crippen LogP contribution in [0.5, 0.6) is 11.5 Å². The average Bonchev–Trinajstić information content (AvgIpc) is 2.77. The summed E-state index contributed by atoms with van der Waals surface area (Å²) < 4.78 is 12.5. The number of nitrogens with zero attached hydrogens (tertiary/aromatic N) is 2. The SMILES string of the molecule is COc1cc(/C=N\NC(=O)c2cccn(Cc3ccc(Cl)cc3)c2=O)ccc1OC(C)C. The molecule has 0 atom stereocenters. The van der Waals surface area contributed by atoms with Crippen LogP contribution in [-0.4, -0.2) is 29.9 Å². The Hall–Kier alpha value is -3.58. The third-order valence-electron chi connectivity index (χ3n) is 4.46. The minimum atomic E-state index is -0.594. The minimum absolute atomic E-state index is 0.00289. The Bertz CT molecular complexity index is 1170. The summed E-state index contributed by atoms with van der Waals surface area (Å²) in [6.45, 7) is 4.18. The quantitative estimate of drug-likeness (QED) is 0.411. The van der Waals surface area contributed by atoms with E-state index in [9.17, 15) is 9.59 Å². The maximum Gasteiger partial charge on any atom is 0.276 e. The second-order valence-corrected chi connectivity index (χ2v) is 7.69. The number of hydrazone groups is 1. The molecule has 1 aromatic heterocycles. The van der Waals surface area contributed by atoms with Gasteiger partial charge < -0.3 is 14.0 Å². The molecule has 8 heteroatoms. The number of halogens is 1. The van der Waals surface area contributed by atoms with E-state index in [0.717, 1.165) is 5.56 Å². The Morgan fingerprint density at radius 2 is 1.91 bits per heavy atom. The molecule has 0 aliphatic rings. The maximum absolute atomic E-state index is 12.7. The highest BCUT2D eigenvalue weighted by Crippen LogP contribution is 2.28. The van der Waals surface area contributed by atoms with E-state index < -0.39 is 11.5 Å². The number of benzene rings is 2. The van der Waals surface area contributed by atoms with E-state index >= 15 is 0 Å². The highest BCUT2D eigenvalue weighted by molar-refractivity contribution is 6.30. The molecule has 0 aliphatic heterocycles. The molecule has 0 saturated heterocycles. The predicted octanol–water partition coefficient (Wildman–Crippen LogP) is 4.11. The Kier molecular flexibility index (Phi) is 7.68. The van der Waals surface area contributed by atoms with Crippen LogP contribution in [0.2, 0.25) is 5.02 Å². The van der Waals surface area contributed by atoms with Gasteiger partial charge in [0.25, 0.3) is 11.5 Å². The number of aromatic nitrogens is 1. The van der Waals surface area contributed by atoms with Gasteiger partial charge in [-0.3, -0.25) is 9.59 Å². The number of nitrogens with one attached hydrogen (secondary N) is 1. The van der Waals surface area contributed by atoms with Crippen molar-refractivity contribution in [2.45, 2.75) is 26.5 Å². The molecule has 1 heterocycles. The molecule has 0 unspecified atom stereocenters. The van der Waals surface area contributed by atoms with Crippen LogP contribution < -0.4 is 20.5 Å². The number of pyridine rings is 1. The van der Waals surface area contributed by atoms with Crippen molar-refractivity contribution in [2.75, 3.05) is 7.11 Å². The van der Waals surface area contributed by atoms with E-state index in [1.807, 2.05) is 26.0 Å². The van der Waals surface area contributed by atoms with Crippen LogP contribution in [0.3, 0.4) is 0 Å². The van der Waals surface area contributed by atoms with E-state index in [2.05, 4.69) is 10.5 Å². The number of methoxy groups -OCH3 is 1. The number of rotatable bonds is 8. The monoisotopic (exact) mass is 453 g/mol. The first-order valence-corrected chi connectivity index (χ1v) is 10.4. The number of amides is 1. The molecule has 3 rings (SSSR count). The third kappa shape index (κ3) is 5.98. The summed E-state index contributed by atoms with van der Waals surface area (Å²) in [6.07, 6.45) is 3.11. The van der Waals surface area contributed by atoms with Gasteiger partial charge in [0.2, 0.25) is 0 Å². The highest BCUT2D eigenvalue weighted by atomic mass is 35.5. The Labute approximate surface area is 191 Å². The molecule has 0 fully saturated rings. The van der Waals surface area contributed by atoms with Crippen molar-refractivity contribution >= 4 is 23.7 Å². The van der Waals surface area contributed by atoms with Crippen LogP contribution in [0.15, 0.2) is 70.7 Å². The van der Waals surface area contributed by atoms with Gasteiger partial charge in [-0.2, -0.15) is 5.10 Å². The Balaban J connectivity index is 1.70. The first-order valence-electron chi connectivity index (χ1n) is 9.99. The van der Waals surface area contributed by atoms with Crippen molar-refractivity contribution in [3.8, 4) is 11.5 Å². The standard InChI is InChI=1S/C24H24ClN3O4/c1-16(2)32-21-11-8-18(13-22(21)31-3)14-26-27-23(29)20-5-4-12-28(24(20)30)15-17-6-9-19(25)10-7-17/h4-14,16H,15H2,1-3H3,(H,27,29)/b26-14-. The van der Waals surface area contributed by atoms with Gasteiger partial charge >= 0.3 is 0 Å². The van der Waals surface area contributed by atoms with Crippen molar-refractivity contribution < 1.29 is 14.3 Å². The van der Waals surface area contributed by atoms with Crippen LogP contribution >= 0.6 is 11.6 Å². The molecule has 1 N–H and O–H groups in total. The van der Waals surface area contributed by atoms with Crippen molar-refractivity contribution in [1.82, 2.24) is 9.99 Å². The normalized spacial score (nSPS) is 11.0. The molecular weight excluding hydrogens is 430 g/mol. The van der Waals surface area contributed by atoms with E-state index in [4.69, 9.17) is 21.1 Å². The number of ether oxygens (including phenoxy) is 2. The largest absolute Gasteiger partial charge is 0.493 e. The summed E-state index contributed by atoms with van der Waals surface area (Å²) >= 11 is 5.90. The molecule has 7 nitrogen and oxygen atoms in total. The summed E-state index contributed by atoms with van der Waals surface area (Å²) in [4.78, 5) is 25.2. The first kappa shape index (κ1) is 23.1. The van der Waals surface area contributed by atoms with Gasteiger partial charge in [0.05, 0.1) is 26.0 Å². The minimum Gasteiger partial charge on any atom is -0.493 e. The lowest BCUT2D eigenvalue weighted by molar-refractivity contribution is 0.0953. The van der Waals surface area contributed by atoms with Gasteiger partial charge in [0, 0.05) is 11.2 Å². The van der Waals surface area contributed by atoms with E-state index in [1.165, 1.54) is 16.8 Å². The fourth-order valence-electron chi connectivity index (χ4n) is 2.96. The van der Waals surface area contributed by atoms with Crippen LogP contribution in [-0.2, 0) is 6.54 Å². The topological polar surface area (TPSA) is 81.9 Å². The summed E-state index contributed by atoms with van der Waals surface area (Å²) in [6, 6.07) is 15.6. The molecule has 2 aromatic carbocycles. The predicted molar refractivity (Wildman–Crippen MR) is 125 cm³/mol. The van der Waals surface area contributed by atoms with Gasteiger partial charge in [0.1, 0.15) is 5.56 Å². The Morgan fingerprint density at radius 3 is 2.59 bits per heavy atom. The van der Waals surface area contributed by atoms with Gasteiger partial charge in [-0.25, -0.2) is 5.43 Å². The third-order valence-corrected chi connectivity index (χ3v) is 4.71. The number of hydrogen-bond donors (Lipinski definition) is 1. The van der Waals surface area contributed by atoms with Gasteiger partial charge in [0.15, 0.2) is 11.5 Å². The summed E-state index contributed by atoms with van der Waals surface area (Å²) in [5, 5.41) is 4.58. The number of hydrogen-bond acceptors (Lipinski definition) is 5. The molecule has 1 amide bonds. The summed E-state index contributed by atoms with van der Waals surface area (Å²) in [7, 11) is 1.55. The fourth-order valence-corrected chi connectivity index (χ4v) is 3.09. The average molecular weight is 454 g/mol. The van der Waals surface area contributed by atoms with Crippen LogP contribution in [0.1, 0.15) is 35.3 Å². The van der Waals surface area contributed by atoms with Gasteiger partial charge in [-0.15, -0.1) is 0 Å². The first-order chi connectivity index (χ1) is 15.4. The molecule has 0 radical (unpaired) electrons. The lowest BCUT2D eigenvalue weighted by Gasteiger charge is -2.13. The molecule has 3 aromatic rings. The highest BCUT2D eigenvalue weighted by Gasteiger charge is 2.12. The lowest BCUT2D eigenvalue weighted by Crippen LogP contribution is -2.30. The van der Waals surface area contributed by atoms with Gasteiger partial charge in [-0.05, 0) is 67.4 Å². The van der Waals surface area contributed by atoms with Crippen molar-refractivity contribution in [3.05, 3.63) is 92.9 Å². The molecule has 0 bridgehead atoms. The van der Waals surface area contributed by atoms with Gasteiger partial charge in [-0.1, -0.05) is 23.7 Å². The van der Waals surface area contributed by atoms with Crippen molar-refractivity contribution in [3.63, 3.8) is 0 Å². The van der Waals surface area contributed by atoms with Crippen molar-refractivity contribution in [2.24, 2.45) is 5.10 Å². The van der Waals surface area contributed by atoms with Crippen LogP contribution in [0.4, 0.5) is 0 Å². The molecule has 0 spiro atoms. The van der Waals surface area contributed by atoms with E-state index in [1.54, 1.807) is 49.7 Å². The van der Waals surface area contributed by atoms with E-state index in [-0.39, 0.29) is 11.7 Å². The zero-order valence-corrected chi connectivity index (χ0v) is 18.8. The second-order valence-electron chi connectivity index (χ2n) is 7.26. The molecule has 0 saturated carbocycles. The summed E-state index contributed by atoms with van der Waals surface area (Å²) in [5.41, 5.74) is 3.58. The Morgan fingerprint density at radius 1 is 1.16 bits per heavy atom. The zero-order valence-electron chi connectivity index (χ0n) is 18.0. The maximum atomic E-state index is 12.7. The van der Waals surface area contributed by atoms with E-state index in [0.29, 0.717) is 28.6 Å². The fraction of sp³-hybridized carbons (Fsp3) is 0.208. The summed E-state index contributed by atoms with van der Waals surface area (Å²) in [5.74, 6) is 0.583. The number of carbonyl (C=O) groups excluding carboxylic acids is 1. The number of carbonyl (C=O) groups is 1. The zero-order chi connectivity index (χ0) is 23.1. The molecular formula is C24H24ClN3O4.